The Balaban J connectivity index is 2.44. The molecule has 0 atom stereocenters. The van der Waals surface area contributed by atoms with Crippen LogP contribution >= 0.6 is 0 Å². The van der Waals surface area contributed by atoms with Gasteiger partial charge in [-0.15, -0.1) is 0 Å². The first-order valence-electron chi connectivity index (χ1n) is 5.33. The van der Waals surface area contributed by atoms with Crippen LogP contribution in [-0.2, 0) is 0 Å². The van der Waals surface area contributed by atoms with Gasteiger partial charge in [0.1, 0.15) is 0 Å². The van der Waals surface area contributed by atoms with E-state index in [1.54, 1.807) is 0 Å². The number of nitrogens with one attached hydrogen (secondary N) is 2. The predicted molar refractivity (Wildman–Crippen MR) is 53.2 cm³/mol. The second-order valence-corrected chi connectivity index (χ2v) is 3.70. The quantitative estimate of drug-likeness (QED) is 0.629. The Kier molecular flexibility index (Phi) is 4.02. The third kappa shape index (κ3) is 2.46. The highest BCUT2D eigenvalue weighted by molar-refractivity contribution is 4.87. The van der Waals surface area contributed by atoms with Crippen molar-refractivity contribution in [2.24, 2.45) is 0 Å². The standard InChI is InChI=1S/C10H22N2/c1-3-11-10(12-4-2)8-6-5-7-9-10/h11-12H,3-9H2,1-2H3. The van der Waals surface area contributed by atoms with Crippen LogP contribution in [0.1, 0.15) is 46.0 Å². The summed E-state index contributed by atoms with van der Waals surface area (Å²) in [5.41, 5.74) is 0.280. The molecule has 0 aromatic rings. The summed E-state index contributed by atoms with van der Waals surface area (Å²) in [6.45, 7) is 6.53. The lowest BCUT2D eigenvalue weighted by molar-refractivity contribution is 0.188. The molecule has 0 spiro atoms. The Labute approximate surface area is 76.1 Å². The van der Waals surface area contributed by atoms with Gasteiger partial charge in [0.25, 0.3) is 0 Å². The van der Waals surface area contributed by atoms with Crippen molar-refractivity contribution in [3.8, 4) is 0 Å². The van der Waals surface area contributed by atoms with Crippen molar-refractivity contribution in [1.29, 1.82) is 0 Å². The van der Waals surface area contributed by atoms with E-state index in [-0.39, 0.29) is 5.66 Å². The molecule has 1 aliphatic rings. The summed E-state index contributed by atoms with van der Waals surface area (Å²) >= 11 is 0. The van der Waals surface area contributed by atoms with E-state index in [1.807, 2.05) is 0 Å². The summed E-state index contributed by atoms with van der Waals surface area (Å²) in [6, 6.07) is 0. The molecule has 0 aromatic heterocycles. The zero-order valence-corrected chi connectivity index (χ0v) is 8.45. The van der Waals surface area contributed by atoms with Crippen molar-refractivity contribution >= 4 is 0 Å². The smallest absolute Gasteiger partial charge is 0.0687 e. The van der Waals surface area contributed by atoms with Crippen molar-refractivity contribution in [2.45, 2.75) is 51.6 Å². The number of hydrogen-bond donors (Lipinski definition) is 2. The van der Waals surface area contributed by atoms with E-state index in [9.17, 15) is 0 Å². The van der Waals surface area contributed by atoms with Gasteiger partial charge in [-0.2, -0.15) is 0 Å². The molecule has 0 aromatic carbocycles. The zero-order valence-electron chi connectivity index (χ0n) is 8.45. The van der Waals surface area contributed by atoms with E-state index in [0.29, 0.717) is 0 Å². The molecular formula is C10H22N2. The second-order valence-electron chi connectivity index (χ2n) is 3.70. The van der Waals surface area contributed by atoms with Crippen LogP contribution in [0.2, 0.25) is 0 Å². The SMILES string of the molecule is CCNC1(NCC)CCCCC1. The molecule has 1 rings (SSSR count). The van der Waals surface area contributed by atoms with Gasteiger partial charge in [-0.05, 0) is 25.9 Å². The molecule has 72 valence electrons. The van der Waals surface area contributed by atoms with Crippen LogP contribution in [0, 0.1) is 0 Å². The highest BCUT2D eigenvalue weighted by Gasteiger charge is 2.29. The molecule has 0 radical (unpaired) electrons. The first kappa shape index (κ1) is 10.0. The molecule has 0 unspecified atom stereocenters. The molecule has 0 bridgehead atoms. The monoisotopic (exact) mass is 170 g/mol. The molecule has 12 heavy (non-hydrogen) atoms. The molecule has 2 nitrogen and oxygen atoms in total. The molecule has 1 aliphatic carbocycles. The summed E-state index contributed by atoms with van der Waals surface area (Å²) < 4.78 is 0. The van der Waals surface area contributed by atoms with E-state index in [0.717, 1.165) is 13.1 Å². The fourth-order valence-electron chi connectivity index (χ4n) is 2.25. The first-order valence-corrected chi connectivity index (χ1v) is 5.33. The molecular weight excluding hydrogens is 148 g/mol. The topological polar surface area (TPSA) is 24.1 Å². The van der Waals surface area contributed by atoms with Crippen molar-refractivity contribution in [3.05, 3.63) is 0 Å². The number of hydrogen-bond acceptors (Lipinski definition) is 2. The minimum atomic E-state index is 0.280. The maximum Gasteiger partial charge on any atom is 0.0687 e. The third-order valence-electron chi connectivity index (χ3n) is 2.74. The van der Waals surface area contributed by atoms with Gasteiger partial charge in [0, 0.05) is 0 Å². The highest BCUT2D eigenvalue weighted by atomic mass is 15.2. The maximum absolute atomic E-state index is 3.59. The van der Waals surface area contributed by atoms with Crippen LogP contribution in [0.25, 0.3) is 0 Å². The normalized spacial score (nSPS) is 22.5. The van der Waals surface area contributed by atoms with Gasteiger partial charge in [-0.3, -0.25) is 10.6 Å². The lowest BCUT2D eigenvalue weighted by Crippen LogP contribution is -2.57. The molecule has 1 saturated carbocycles. The lowest BCUT2D eigenvalue weighted by Gasteiger charge is -2.38. The molecule has 2 heteroatoms. The summed E-state index contributed by atoms with van der Waals surface area (Å²) in [6.07, 6.45) is 6.77. The van der Waals surface area contributed by atoms with Gasteiger partial charge < -0.3 is 0 Å². The molecule has 1 fully saturated rings. The zero-order chi connectivity index (χ0) is 8.86. The lowest BCUT2D eigenvalue weighted by atomic mass is 9.89. The van der Waals surface area contributed by atoms with Gasteiger partial charge in [0.15, 0.2) is 0 Å². The highest BCUT2D eigenvalue weighted by Crippen LogP contribution is 2.25. The average Bonchev–Trinajstić information content (AvgIpc) is 2.07. The van der Waals surface area contributed by atoms with Gasteiger partial charge in [0.2, 0.25) is 0 Å². The number of rotatable bonds is 4. The minimum Gasteiger partial charge on any atom is -0.300 e. The molecule has 0 aliphatic heterocycles. The van der Waals surface area contributed by atoms with E-state index in [2.05, 4.69) is 24.5 Å². The van der Waals surface area contributed by atoms with Crippen LogP contribution in [0.15, 0.2) is 0 Å². The molecule has 0 heterocycles. The Morgan fingerprint density at radius 1 is 0.917 bits per heavy atom. The van der Waals surface area contributed by atoms with E-state index < -0.39 is 0 Å². The second kappa shape index (κ2) is 4.83. The summed E-state index contributed by atoms with van der Waals surface area (Å²) in [7, 11) is 0. The van der Waals surface area contributed by atoms with Crippen molar-refractivity contribution in [1.82, 2.24) is 10.6 Å². The molecule has 2 N–H and O–H groups in total. The summed E-state index contributed by atoms with van der Waals surface area (Å²) in [4.78, 5) is 0. The Bertz CT molecular complexity index is 101. The minimum absolute atomic E-state index is 0.280. The summed E-state index contributed by atoms with van der Waals surface area (Å²) in [5, 5.41) is 7.18. The Hall–Kier alpha value is -0.0800. The first-order chi connectivity index (χ1) is 5.83. The van der Waals surface area contributed by atoms with Crippen LogP contribution in [0.3, 0.4) is 0 Å². The predicted octanol–water partition coefficient (Wildman–Crippen LogP) is 1.87. The van der Waals surface area contributed by atoms with E-state index in [1.165, 1.54) is 32.1 Å². The van der Waals surface area contributed by atoms with Gasteiger partial charge >= 0.3 is 0 Å². The van der Waals surface area contributed by atoms with Crippen molar-refractivity contribution in [2.75, 3.05) is 13.1 Å². The van der Waals surface area contributed by atoms with Gasteiger partial charge in [-0.25, -0.2) is 0 Å². The van der Waals surface area contributed by atoms with Crippen molar-refractivity contribution in [3.63, 3.8) is 0 Å². The summed E-state index contributed by atoms with van der Waals surface area (Å²) in [5.74, 6) is 0. The van der Waals surface area contributed by atoms with Gasteiger partial charge in [0.05, 0.1) is 5.66 Å². The fraction of sp³-hybridized carbons (Fsp3) is 1.00. The Morgan fingerprint density at radius 2 is 1.42 bits per heavy atom. The van der Waals surface area contributed by atoms with Crippen LogP contribution in [-0.4, -0.2) is 18.8 Å². The van der Waals surface area contributed by atoms with Crippen molar-refractivity contribution < 1.29 is 0 Å². The average molecular weight is 170 g/mol. The molecule has 0 amide bonds. The Morgan fingerprint density at radius 3 is 1.83 bits per heavy atom. The maximum atomic E-state index is 3.59. The van der Waals surface area contributed by atoms with E-state index >= 15 is 0 Å². The van der Waals surface area contributed by atoms with E-state index in [4.69, 9.17) is 0 Å². The third-order valence-corrected chi connectivity index (χ3v) is 2.74. The van der Waals surface area contributed by atoms with Gasteiger partial charge in [-0.1, -0.05) is 33.1 Å². The fourth-order valence-corrected chi connectivity index (χ4v) is 2.25. The molecule has 0 saturated heterocycles. The van der Waals surface area contributed by atoms with Crippen LogP contribution in [0.5, 0.6) is 0 Å². The van der Waals surface area contributed by atoms with Crippen LogP contribution in [0.4, 0.5) is 0 Å². The van der Waals surface area contributed by atoms with Crippen LogP contribution < -0.4 is 10.6 Å². The largest absolute Gasteiger partial charge is 0.300 e.